The van der Waals surface area contributed by atoms with Gasteiger partial charge in [0.25, 0.3) is 0 Å². The van der Waals surface area contributed by atoms with Crippen LogP contribution in [0.15, 0.2) is 4.47 Å². The standard InChI is InChI=1S/C11H18BrN3O/c1-8-10(12)9(15(2)14-8)6-13-11(7-16)4-3-5-11/h13,16H,3-7H2,1-2H3. The molecule has 0 unspecified atom stereocenters. The highest BCUT2D eigenvalue weighted by molar-refractivity contribution is 9.10. The van der Waals surface area contributed by atoms with E-state index in [1.54, 1.807) is 0 Å². The number of halogens is 1. The van der Waals surface area contributed by atoms with Gasteiger partial charge in [-0.05, 0) is 42.1 Å². The van der Waals surface area contributed by atoms with Crippen molar-refractivity contribution < 1.29 is 5.11 Å². The molecule has 0 bridgehead atoms. The molecule has 1 heterocycles. The molecule has 5 heteroatoms. The zero-order chi connectivity index (χ0) is 11.8. The highest BCUT2D eigenvalue weighted by Gasteiger charge is 2.35. The van der Waals surface area contributed by atoms with E-state index < -0.39 is 0 Å². The van der Waals surface area contributed by atoms with Gasteiger partial charge < -0.3 is 10.4 Å². The molecule has 90 valence electrons. The lowest BCUT2D eigenvalue weighted by Crippen LogP contribution is -2.53. The summed E-state index contributed by atoms with van der Waals surface area (Å²) in [6, 6.07) is 0. The molecule has 1 aliphatic rings. The fourth-order valence-corrected chi connectivity index (χ4v) is 2.61. The van der Waals surface area contributed by atoms with Gasteiger partial charge >= 0.3 is 0 Å². The lowest BCUT2D eigenvalue weighted by atomic mass is 9.77. The second kappa shape index (κ2) is 4.47. The van der Waals surface area contributed by atoms with Gasteiger partial charge in [0.05, 0.1) is 22.5 Å². The van der Waals surface area contributed by atoms with Crippen LogP contribution in [-0.4, -0.2) is 27.0 Å². The first-order valence-electron chi connectivity index (χ1n) is 5.62. The van der Waals surface area contributed by atoms with E-state index in [0.29, 0.717) is 0 Å². The zero-order valence-corrected chi connectivity index (χ0v) is 11.3. The number of hydrogen-bond donors (Lipinski definition) is 2. The summed E-state index contributed by atoms with van der Waals surface area (Å²) in [6.07, 6.45) is 3.34. The number of hydrogen-bond acceptors (Lipinski definition) is 3. The van der Waals surface area contributed by atoms with Crippen molar-refractivity contribution in [1.29, 1.82) is 0 Å². The Labute approximate surface area is 104 Å². The van der Waals surface area contributed by atoms with Gasteiger partial charge in [-0.3, -0.25) is 4.68 Å². The summed E-state index contributed by atoms with van der Waals surface area (Å²) in [4.78, 5) is 0. The van der Waals surface area contributed by atoms with Crippen LogP contribution >= 0.6 is 15.9 Å². The lowest BCUT2D eigenvalue weighted by Gasteiger charge is -2.41. The van der Waals surface area contributed by atoms with Gasteiger partial charge in [-0.1, -0.05) is 0 Å². The van der Waals surface area contributed by atoms with E-state index in [4.69, 9.17) is 0 Å². The Bertz CT molecular complexity index is 379. The summed E-state index contributed by atoms with van der Waals surface area (Å²) >= 11 is 3.54. The smallest absolute Gasteiger partial charge is 0.0739 e. The van der Waals surface area contributed by atoms with Crippen molar-refractivity contribution in [2.75, 3.05) is 6.61 Å². The monoisotopic (exact) mass is 287 g/mol. The molecular weight excluding hydrogens is 270 g/mol. The molecule has 0 spiro atoms. The number of aryl methyl sites for hydroxylation is 2. The van der Waals surface area contributed by atoms with Crippen LogP contribution < -0.4 is 5.32 Å². The number of aliphatic hydroxyl groups excluding tert-OH is 1. The van der Waals surface area contributed by atoms with Crippen LogP contribution in [0.2, 0.25) is 0 Å². The molecule has 2 rings (SSSR count). The molecule has 0 aliphatic heterocycles. The molecule has 1 aliphatic carbocycles. The summed E-state index contributed by atoms with van der Waals surface area (Å²) in [5, 5.41) is 17.2. The summed E-state index contributed by atoms with van der Waals surface area (Å²) in [5.41, 5.74) is 2.10. The minimum absolute atomic E-state index is 0.0440. The Kier molecular flexibility index (Phi) is 3.37. The van der Waals surface area contributed by atoms with E-state index >= 15 is 0 Å². The zero-order valence-electron chi connectivity index (χ0n) is 9.76. The van der Waals surface area contributed by atoms with Crippen molar-refractivity contribution in [2.45, 2.75) is 38.3 Å². The fourth-order valence-electron chi connectivity index (χ4n) is 2.14. The van der Waals surface area contributed by atoms with Crippen molar-refractivity contribution in [2.24, 2.45) is 7.05 Å². The lowest BCUT2D eigenvalue weighted by molar-refractivity contribution is 0.0865. The third kappa shape index (κ3) is 2.04. The molecule has 16 heavy (non-hydrogen) atoms. The third-order valence-electron chi connectivity index (χ3n) is 3.51. The predicted molar refractivity (Wildman–Crippen MR) is 66.2 cm³/mol. The molecule has 0 atom stereocenters. The number of nitrogens with zero attached hydrogens (tertiary/aromatic N) is 2. The molecule has 1 fully saturated rings. The molecule has 1 saturated carbocycles. The van der Waals surface area contributed by atoms with Crippen molar-refractivity contribution in [1.82, 2.24) is 15.1 Å². The maximum Gasteiger partial charge on any atom is 0.0739 e. The molecule has 0 amide bonds. The van der Waals surface area contributed by atoms with Gasteiger partial charge in [0.15, 0.2) is 0 Å². The van der Waals surface area contributed by atoms with E-state index in [0.717, 1.165) is 35.2 Å². The largest absolute Gasteiger partial charge is 0.394 e. The number of rotatable bonds is 4. The van der Waals surface area contributed by atoms with Crippen LogP contribution in [0.1, 0.15) is 30.7 Å². The predicted octanol–water partition coefficient (Wildman–Crippen LogP) is 1.50. The second-order valence-electron chi connectivity index (χ2n) is 4.62. The first-order chi connectivity index (χ1) is 7.58. The molecule has 4 nitrogen and oxygen atoms in total. The topological polar surface area (TPSA) is 50.1 Å². The van der Waals surface area contributed by atoms with Crippen LogP contribution in [-0.2, 0) is 13.6 Å². The van der Waals surface area contributed by atoms with E-state index in [2.05, 4.69) is 26.3 Å². The van der Waals surface area contributed by atoms with Gasteiger partial charge in [0.2, 0.25) is 0 Å². The molecular formula is C11H18BrN3O. The van der Waals surface area contributed by atoms with E-state index in [-0.39, 0.29) is 12.1 Å². The Morgan fingerprint density at radius 3 is 2.62 bits per heavy atom. The summed E-state index contributed by atoms with van der Waals surface area (Å²) in [6.45, 7) is 2.96. The molecule has 0 saturated heterocycles. The molecule has 2 N–H and O–H groups in total. The Morgan fingerprint density at radius 1 is 1.56 bits per heavy atom. The van der Waals surface area contributed by atoms with Crippen molar-refractivity contribution in [3.05, 3.63) is 15.9 Å². The average Bonchev–Trinajstić information content (AvgIpc) is 2.43. The first kappa shape index (κ1) is 12.1. The van der Waals surface area contributed by atoms with Crippen molar-refractivity contribution in [3.8, 4) is 0 Å². The van der Waals surface area contributed by atoms with E-state index in [1.807, 2.05) is 18.7 Å². The van der Waals surface area contributed by atoms with Gasteiger partial charge in [-0.25, -0.2) is 0 Å². The van der Waals surface area contributed by atoms with Gasteiger partial charge in [-0.2, -0.15) is 5.10 Å². The maximum atomic E-state index is 9.36. The Morgan fingerprint density at radius 2 is 2.25 bits per heavy atom. The molecule has 0 aromatic carbocycles. The minimum atomic E-state index is -0.0440. The van der Waals surface area contributed by atoms with Gasteiger partial charge in [0.1, 0.15) is 0 Å². The van der Waals surface area contributed by atoms with Crippen LogP contribution in [0.4, 0.5) is 0 Å². The molecule has 1 aromatic heterocycles. The van der Waals surface area contributed by atoms with Crippen LogP contribution in [0.5, 0.6) is 0 Å². The number of nitrogens with one attached hydrogen (secondary N) is 1. The van der Waals surface area contributed by atoms with E-state index in [1.165, 1.54) is 6.42 Å². The Hall–Kier alpha value is -0.390. The molecule has 1 aromatic rings. The van der Waals surface area contributed by atoms with E-state index in [9.17, 15) is 5.11 Å². The number of aliphatic hydroxyl groups is 1. The van der Waals surface area contributed by atoms with Gasteiger partial charge in [0, 0.05) is 19.1 Å². The fraction of sp³-hybridized carbons (Fsp3) is 0.727. The summed E-state index contributed by atoms with van der Waals surface area (Å²) < 4.78 is 2.95. The highest BCUT2D eigenvalue weighted by Crippen LogP contribution is 2.32. The SMILES string of the molecule is Cc1nn(C)c(CNC2(CO)CCC2)c1Br. The summed E-state index contributed by atoms with van der Waals surface area (Å²) in [7, 11) is 1.95. The summed E-state index contributed by atoms with van der Waals surface area (Å²) in [5.74, 6) is 0. The Balaban J connectivity index is 2.04. The van der Waals surface area contributed by atoms with Crippen molar-refractivity contribution >= 4 is 15.9 Å². The number of aromatic nitrogens is 2. The van der Waals surface area contributed by atoms with Crippen molar-refractivity contribution in [3.63, 3.8) is 0 Å². The average molecular weight is 288 g/mol. The maximum absolute atomic E-state index is 9.36. The first-order valence-corrected chi connectivity index (χ1v) is 6.41. The quantitative estimate of drug-likeness (QED) is 0.882. The molecule has 0 radical (unpaired) electrons. The van der Waals surface area contributed by atoms with Crippen LogP contribution in [0.3, 0.4) is 0 Å². The highest BCUT2D eigenvalue weighted by atomic mass is 79.9. The normalized spacial score (nSPS) is 18.5. The minimum Gasteiger partial charge on any atom is -0.394 e. The van der Waals surface area contributed by atoms with Gasteiger partial charge in [-0.15, -0.1) is 0 Å². The van der Waals surface area contributed by atoms with Crippen LogP contribution in [0, 0.1) is 6.92 Å². The van der Waals surface area contributed by atoms with Crippen LogP contribution in [0.25, 0.3) is 0 Å². The second-order valence-corrected chi connectivity index (χ2v) is 5.41. The third-order valence-corrected chi connectivity index (χ3v) is 4.54.